The Bertz CT molecular complexity index is 548. The first-order valence-corrected chi connectivity index (χ1v) is 7.98. The molecule has 98 valence electrons. The molecule has 1 aliphatic carbocycles. The van der Waals surface area contributed by atoms with E-state index in [9.17, 15) is 8.42 Å². The van der Waals surface area contributed by atoms with E-state index in [1.807, 2.05) is 12.1 Å². The lowest BCUT2D eigenvalue weighted by molar-refractivity contribution is 0.560. The van der Waals surface area contributed by atoms with Gasteiger partial charge in [0.2, 0.25) is 10.0 Å². The molecule has 1 saturated heterocycles. The standard InChI is InChI=1S/C13H18N2O2S/c16-18(17,15-12-6-7-14-9-12)13-5-4-10-2-1-3-11(10)8-13/h4-5,8,12,14-15H,1-3,6-7,9H2/t12-/m1/s1. The van der Waals surface area contributed by atoms with Crippen molar-refractivity contribution in [3.63, 3.8) is 0 Å². The molecule has 1 aromatic rings. The van der Waals surface area contributed by atoms with Gasteiger partial charge < -0.3 is 5.32 Å². The van der Waals surface area contributed by atoms with Crippen LogP contribution in [0.3, 0.4) is 0 Å². The SMILES string of the molecule is O=S(=O)(N[C@@H]1CCNC1)c1ccc2c(c1)CCC2. The van der Waals surface area contributed by atoms with Crippen molar-refractivity contribution in [1.29, 1.82) is 0 Å². The van der Waals surface area contributed by atoms with E-state index >= 15 is 0 Å². The topological polar surface area (TPSA) is 58.2 Å². The van der Waals surface area contributed by atoms with E-state index in [0.29, 0.717) is 4.90 Å². The molecule has 0 saturated carbocycles. The van der Waals surface area contributed by atoms with E-state index in [0.717, 1.165) is 38.8 Å². The Morgan fingerprint density at radius 2 is 2.06 bits per heavy atom. The summed E-state index contributed by atoms with van der Waals surface area (Å²) >= 11 is 0. The minimum Gasteiger partial charge on any atom is -0.315 e. The van der Waals surface area contributed by atoms with Crippen molar-refractivity contribution in [1.82, 2.24) is 10.0 Å². The van der Waals surface area contributed by atoms with Gasteiger partial charge in [-0.3, -0.25) is 0 Å². The molecule has 1 aromatic carbocycles. The average molecular weight is 266 g/mol. The van der Waals surface area contributed by atoms with E-state index in [1.165, 1.54) is 11.1 Å². The molecular formula is C13H18N2O2S. The fourth-order valence-electron chi connectivity index (χ4n) is 2.76. The summed E-state index contributed by atoms with van der Waals surface area (Å²) in [6.45, 7) is 1.61. The zero-order chi connectivity index (χ0) is 12.6. The van der Waals surface area contributed by atoms with Crippen LogP contribution in [0.2, 0.25) is 0 Å². The highest BCUT2D eigenvalue weighted by atomic mass is 32.2. The van der Waals surface area contributed by atoms with Crippen molar-refractivity contribution < 1.29 is 8.42 Å². The third kappa shape index (κ3) is 2.30. The van der Waals surface area contributed by atoms with Gasteiger partial charge in [-0.05, 0) is 55.5 Å². The van der Waals surface area contributed by atoms with Crippen LogP contribution in [0.1, 0.15) is 24.0 Å². The predicted molar refractivity (Wildman–Crippen MR) is 70.1 cm³/mol. The second-order valence-electron chi connectivity index (χ2n) is 5.10. The van der Waals surface area contributed by atoms with Gasteiger partial charge in [0.05, 0.1) is 4.90 Å². The first-order valence-electron chi connectivity index (χ1n) is 6.50. The van der Waals surface area contributed by atoms with E-state index in [-0.39, 0.29) is 6.04 Å². The lowest BCUT2D eigenvalue weighted by atomic mass is 10.1. The smallest absolute Gasteiger partial charge is 0.240 e. The molecule has 0 spiro atoms. The van der Waals surface area contributed by atoms with Crippen LogP contribution in [0, 0.1) is 0 Å². The molecule has 0 amide bonds. The van der Waals surface area contributed by atoms with Gasteiger partial charge in [0, 0.05) is 12.6 Å². The summed E-state index contributed by atoms with van der Waals surface area (Å²) < 4.78 is 27.3. The molecule has 2 aliphatic rings. The number of sulfonamides is 1. The van der Waals surface area contributed by atoms with Crippen molar-refractivity contribution in [3.8, 4) is 0 Å². The molecule has 1 fully saturated rings. The Balaban J connectivity index is 1.84. The van der Waals surface area contributed by atoms with Crippen LogP contribution in [-0.2, 0) is 22.9 Å². The molecule has 0 unspecified atom stereocenters. The van der Waals surface area contributed by atoms with Crippen molar-refractivity contribution >= 4 is 10.0 Å². The van der Waals surface area contributed by atoms with Crippen LogP contribution < -0.4 is 10.0 Å². The van der Waals surface area contributed by atoms with Crippen molar-refractivity contribution in [2.75, 3.05) is 13.1 Å². The number of hydrogen-bond acceptors (Lipinski definition) is 3. The Morgan fingerprint density at radius 1 is 1.22 bits per heavy atom. The first kappa shape index (κ1) is 12.1. The second-order valence-corrected chi connectivity index (χ2v) is 6.81. The molecule has 2 N–H and O–H groups in total. The fraction of sp³-hybridized carbons (Fsp3) is 0.538. The molecule has 0 radical (unpaired) electrons. The maximum Gasteiger partial charge on any atom is 0.240 e. The quantitative estimate of drug-likeness (QED) is 0.851. The summed E-state index contributed by atoms with van der Waals surface area (Å²) in [5.74, 6) is 0. The van der Waals surface area contributed by atoms with Gasteiger partial charge in [0.25, 0.3) is 0 Å². The molecular weight excluding hydrogens is 248 g/mol. The summed E-state index contributed by atoms with van der Waals surface area (Å²) in [6, 6.07) is 5.56. The van der Waals surface area contributed by atoms with Crippen LogP contribution >= 0.6 is 0 Å². The van der Waals surface area contributed by atoms with E-state index in [2.05, 4.69) is 10.0 Å². The Hall–Kier alpha value is -0.910. The van der Waals surface area contributed by atoms with Gasteiger partial charge in [-0.15, -0.1) is 0 Å². The van der Waals surface area contributed by atoms with E-state index in [4.69, 9.17) is 0 Å². The second kappa shape index (κ2) is 4.64. The third-order valence-electron chi connectivity index (χ3n) is 3.76. The summed E-state index contributed by atoms with van der Waals surface area (Å²) in [7, 11) is -3.36. The molecule has 4 nitrogen and oxygen atoms in total. The molecule has 1 aliphatic heterocycles. The molecule has 1 atom stereocenters. The molecule has 0 bridgehead atoms. The Labute approximate surface area is 108 Å². The number of rotatable bonds is 3. The number of aryl methyl sites for hydroxylation is 2. The van der Waals surface area contributed by atoms with Gasteiger partial charge in [0.1, 0.15) is 0 Å². The number of hydrogen-bond donors (Lipinski definition) is 2. The highest BCUT2D eigenvalue weighted by molar-refractivity contribution is 7.89. The van der Waals surface area contributed by atoms with Gasteiger partial charge in [-0.25, -0.2) is 13.1 Å². The van der Waals surface area contributed by atoms with Crippen LogP contribution in [0.4, 0.5) is 0 Å². The monoisotopic (exact) mass is 266 g/mol. The number of nitrogens with one attached hydrogen (secondary N) is 2. The number of fused-ring (bicyclic) bond motifs is 1. The lowest BCUT2D eigenvalue weighted by Gasteiger charge is -2.12. The Morgan fingerprint density at radius 3 is 2.83 bits per heavy atom. The van der Waals surface area contributed by atoms with Crippen molar-refractivity contribution in [2.24, 2.45) is 0 Å². The minimum absolute atomic E-state index is 0.0308. The first-order chi connectivity index (χ1) is 8.65. The average Bonchev–Trinajstić information content (AvgIpc) is 2.97. The number of benzene rings is 1. The summed E-state index contributed by atoms with van der Waals surface area (Å²) in [4.78, 5) is 0.412. The summed E-state index contributed by atoms with van der Waals surface area (Å²) in [6.07, 6.45) is 4.09. The molecule has 5 heteroatoms. The van der Waals surface area contributed by atoms with Gasteiger partial charge >= 0.3 is 0 Å². The zero-order valence-electron chi connectivity index (χ0n) is 10.3. The van der Waals surface area contributed by atoms with E-state index in [1.54, 1.807) is 6.07 Å². The maximum atomic E-state index is 12.2. The predicted octanol–water partition coefficient (Wildman–Crippen LogP) is 0.816. The van der Waals surface area contributed by atoms with Gasteiger partial charge in [-0.1, -0.05) is 6.07 Å². The summed E-state index contributed by atoms with van der Waals surface area (Å²) in [5, 5.41) is 3.16. The van der Waals surface area contributed by atoms with Crippen LogP contribution in [-0.4, -0.2) is 27.5 Å². The maximum absolute atomic E-state index is 12.2. The van der Waals surface area contributed by atoms with Crippen LogP contribution in [0.25, 0.3) is 0 Å². The molecule has 1 heterocycles. The van der Waals surface area contributed by atoms with E-state index < -0.39 is 10.0 Å². The summed E-state index contributed by atoms with van der Waals surface area (Å²) in [5.41, 5.74) is 2.50. The van der Waals surface area contributed by atoms with Crippen molar-refractivity contribution in [2.45, 2.75) is 36.6 Å². The highest BCUT2D eigenvalue weighted by Crippen LogP contribution is 2.24. The minimum atomic E-state index is -3.36. The lowest BCUT2D eigenvalue weighted by Crippen LogP contribution is -2.36. The van der Waals surface area contributed by atoms with Gasteiger partial charge in [0.15, 0.2) is 0 Å². The van der Waals surface area contributed by atoms with Gasteiger partial charge in [-0.2, -0.15) is 0 Å². The highest BCUT2D eigenvalue weighted by Gasteiger charge is 2.23. The zero-order valence-corrected chi connectivity index (χ0v) is 11.1. The van der Waals surface area contributed by atoms with Crippen LogP contribution in [0.15, 0.2) is 23.1 Å². The van der Waals surface area contributed by atoms with Crippen LogP contribution in [0.5, 0.6) is 0 Å². The molecule has 18 heavy (non-hydrogen) atoms. The van der Waals surface area contributed by atoms with Crippen molar-refractivity contribution in [3.05, 3.63) is 29.3 Å². The molecule has 0 aromatic heterocycles. The fourth-order valence-corrected chi connectivity index (χ4v) is 4.08. The largest absolute Gasteiger partial charge is 0.315 e. The molecule has 3 rings (SSSR count). The Kier molecular flexibility index (Phi) is 3.13. The third-order valence-corrected chi connectivity index (χ3v) is 5.28. The normalized spacial score (nSPS) is 23.2.